The van der Waals surface area contributed by atoms with E-state index in [1.54, 1.807) is 6.33 Å². The summed E-state index contributed by atoms with van der Waals surface area (Å²) in [5, 5.41) is 7.70. The fraction of sp³-hybridized carbons (Fsp3) is 0.333. The Hall–Kier alpha value is -1.39. The van der Waals surface area contributed by atoms with Crippen molar-refractivity contribution in [2.24, 2.45) is 0 Å². The van der Waals surface area contributed by atoms with Gasteiger partial charge in [-0.2, -0.15) is 0 Å². The molecule has 5 heteroatoms. The van der Waals surface area contributed by atoms with E-state index in [2.05, 4.69) is 10.2 Å². The second kappa shape index (κ2) is 6.37. The van der Waals surface area contributed by atoms with Crippen LogP contribution in [0.4, 0.5) is 0 Å². The smallest absolute Gasteiger partial charge is 0.147 e. The lowest BCUT2D eigenvalue weighted by Gasteiger charge is -2.06. The van der Waals surface area contributed by atoms with Crippen molar-refractivity contribution in [2.45, 2.75) is 19.0 Å². The van der Waals surface area contributed by atoms with Crippen LogP contribution in [0.1, 0.15) is 11.4 Å². The molecule has 0 unspecified atom stereocenters. The van der Waals surface area contributed by atoms with Crippen molar-refractivity contribution in [3.05, 3.63) is 48.0 Å². The number of hydrogen-bond acceptors (Lipinski definition) is 3. The van der Waals surface area contributed by atoms with Gasteiger partial charge in [-0.3, -0.25) is 0 Å². The first-order valence-electron chi connectivity index (χ1n) is 5.44. The largest absolute Gasteiger partial charge is 0.375 e. The van der Waals surface area contributed by atoms with Crippen LogP contribution in [-0.4, -0.2) is 21.4 Å². The van der Waals surface area contributed by atoms with E-state index < -0.39 is 0 Å². The van der Waals surface area contributed by atoms with Crippen LogP contribution < -0.4 is 0 Å². The third-order valence-corrected chi connectivity index (χ3v) is 2.64. The molecule has 0 aliphatic carbocycles. The Morgan fingerprint density at radius 2 is 2.06 bits per heavy atom. The first-order chi connectivity index (χ1) is 8.40. The van der Waals surface area contributed by atoms with Crippen LogP contribution in [0.2, 0.25) is 0 Å². The molecule has 1 heterocycles. The molecule has 17 heavy (non-hydrogen) atoms. The van der Waals surface area contributed by atoms with Crippen molar-refractivity contribution >= 4 is 11.6 Å². The van der Waals surface area contributed by atoms with Gasteiger partial charge >= 0.3 is 0 Å². The molecule has 0 bridgehead atoms. The van der Waals surface area contributed by atoms with Crippen LogP contribution in [0.3, 0.4) is 0 Å². The summed E-state index contributed by atoms with van der Waals surface area (Å²) in [7, 11) is 0. The zero-order valence-corrected chi connectivity index (χ0v) is 10.2. The van der Waals surface area contributed by atoms with Gasteiger partial charge in [0.1, 0.15) is 12.2 Å². The normalized spacial score (nSPS) is 10.6. The predicted molar refractivity (Wildman–Crippen MR) is 65.7 cm³/mol. The van der Waals surface area contributed by atoms with E-state index >= 15 is 0 Å². The lowest BCUT2D eigenvalue weighted by Crippen LogP contribution is -2.07. The lowest BCUT2D eigenvalue weighted by molar-refractivity contribution is 0.112. The summed E-state index contributed by atoms with van der Waals surface area (Å²) in [5.41, 5.74) is 1.17. The van der Waals surface area contributed by atoms with Crippen molar-refractivity contribution in [3.8, 4) is 0 Å². The summed E-state index contributed by atoms with van der Waals surface area (Å²) in [6, 6.07) is 10.1. The number of hydrogen-bond donors (Lipinski definition) is 0. The highest BCUT2D eigenvalue weighted by molar-refractivity contribution is 6.16. The van der Waals surface area contributed by atoms with Gasteiger partial charge in [0.15, 0.2) is 0 Å². The van der Waals surface area contributed by atoms with Gasteiger partial charge in [-0.15, -0.1) is 21.8 Å². The topological polar surface area (TPSA) is 39.9 Å². The summed E-state index contributed by atoms with van der Waals surface area (Å²) < 4.78 is 7.47. The molecule has 0 spiro atoms. The lowest BCUT2D eigenvalue weighted by atomic mass is 10.2. The Morgan fingerprint density at radius 1 is 1.24 bits per heavy atom. The molecule has 0 aliphatic heterocycles. The number of ether oxygens (including phenoxy) is 1. The predicted octanol–water partition coefficient (Wildman–Crippen LogP) is 2.23. The van der Waals surface area contributed by atoms with Gasteiger partial charge in [-0.1, -0.05) is 30.3 Å². The highest BCUT2D eigenvalue weighted by Crippen LogP contribution is 2.02. The van der Waals surface area contributed by atoms with Gasteiger partial charge in [-0.05, 0) is 5.56 Å². The van der Waals surface area contributed by atoms with Crippen LogP contribution in [-0.2, 0) is 23.8 Å². The first-order valence-corrected chi connectivity index (χ1v) is 5.98. The maximum absolute atomic E-state index is 5.72. The molecule has 0 N–H and O–H groups in total. The Labute approximate surface area is 105 Å². The second-order valence-corrected chi connectivity index (χ2v) is 3.88. The van der Waals surface area contributed by atoms with E-state index in [4.69, 9.17) is 16.3 Å². The van der Waals surface area contributed by atoms with E-state index in [-0.39, 0.29) is 0 Å². The standard InChI is InChI=1S/C12H14ClN3O/c13-8-12-15-14-10-16(12)6-7-17-9-11-4-2-1-3-5-11/h1-5,10H,6-9H2. The molecular formula is C12H14ClN3O. The molecular weight excluding hydrogens is 238 g/mol. The molecule has 2 rings (SSSR count). The maximum atomic E-state index is 5.72. The number of aromatic nitrogens is 3. The molecule has 2 aromatic rings. The monoisotopic (exact) mass is 251 g/mol. The fourth-order valence-corrected chi connectivity index (χ4v) is 1.70. The zero-order chi connectivity index (χ0) is 11.9. The Morgan fingerprint density at radius 3 is 2.82 bits per heavy atom. The van der Waals surface area contributed by atoms with Crippen molar-refractivity contribution < 1.29 is 4.74 Å². The van der Waals surface area contributed by atoms with Gasteiger partial charge in [0, 0.05) is 6.54 Å². The fourth-order valence-electron chi connectivity index (χ4n) is 1.50. The quantitative estimate of drug-likeness (QED) is 0.584. The van der Waals surface area contributed by atoms with Crippen molar-refractivity contribution in [1.29, 1.82) is 0 Å². The van der Waals surface area contributed by atoms with Gasteiger partial charge < -0.3 is 9.30 Å². The van der Waals surface area contributed by atoms with Gasteiger partial charge in [0.25, 0.3) is 0 Å². The minimum atomic E-state index is 0.374. The van der Waals surface area contributed by atoms with Crippen LogP contribution in [0.15, 0.2) is 36.7 Å². The van der Waals surface area contributed by atoms with Gasteiger partial charge in [0.05, 0.1) is 19.1 Å². The summed E-state index contributed by atoms with van der Waals surface area (Å²) in [5.74, 6) is 1.15. The third-order valence-electron chi connectivity index (χ3n) is 2.40. The first kappa shape index (κ1) is 12.1. The van der Waals surface area contributed by atoms with E-state index in [0.717, 1.165) is 12.4 Å². The highest BCUT2D eigenvalue weighted by atomic mass is 35.5. The molecule has 0 radical (unpaired) electrons. The maximum Gasteiger partial charge on any atom is 0.147 e. The van der Waals surface area contributed by atoms with Crippen LogP contribution in [0.25, 0.3) is 0 Å². The number of halogens is 1. The van der Waals surface area contributed by atoms with E-state index in [9.17, 15) is 0 Å². The number of rotatable bonds is 6. The average Bonchev–Trinajstić information content (AvgIpc) is 2.83. The molecule has 0 saturated heterocycles. The summed E-state index contributed by atoms with van der Waals surface area (Å²) in [6.45, 7) is 1.97. The molecule has 0 fully saturated rings. The molecule has 0 amide bonds. The van der Waals surface area contributed by atoms with E-state index in [0.29, 0.717) is 19.1 Å². The molecule has 4 nitrogen and oxygen atoms in total. The third kappa shape index (κ3) is 3.54. The van der Waals surface area contributed by atoms with Crippen molar-refractivity contribution in [2.75, 3.05) is 6.61 Å². The zero-order valence-electron chi connectivity index (χ0n) is 9.42. The number of nitrogens with zero attached hydrogens (tertiary/aromatic N) is 3. The van der Waals surface area contributed by atoms with E-state index in [1.165, 1.54) is 5.56 Å². The highest BCUT2D eigenvalue weighted by Gasteiger charge is 2.01. The SMILES string of the molecule is ClCc1nncn1CCOCc1ccccc1. The Balaban J connectivity index is 1.73. The number of alkyl halides is 1. The van der Waals surface area contributed by atoms with E-state index in [1.807, 2.05) is 34.9 Å². The molecule has 1 aromatic heterocycles. The molecule has 0 atom stereocenters. The minimum Gasteiger partial charge on any atom is -0.375 e. The Bertz CT molecular complexity index is 444. The minimum absolute atomic E-state index is 0.374. The van der Waals surface area contributed by atoms with Crippen LogP contribution in [0, 0.1) is 0 Å². The van der Waals surface area contributed by atoms with Crippen LogP contribution in [0.5, 0.6) is 0 Å². The summed E-state index contributed by atoms with van der Waals surface area (Å²) in [6.07, 6.45) is 1.67. The van der Waals surface area contributed by atoms with Gasteiger partial charge in [-0.25, -0.2) is 0 Å². The average molecular weight is 252 g/mol. The van der Waals surface area contributed by atoms with Gasteiger partial charge in [0.2, 0.25) is 0 Å². The molecule has 0 aliphatic rings. The molecule has 1 aromatic carbocycles. The molecule has 0 saturated carbocycles. The van der Waals surface area contributed by atoms with Crippen molar-refractivity contribution in [3.63, 3.8) is 0 Å². The second-order valence-electron chi connectivity index (χ2n) is 3.61. The Kier molecular flexibility index (Phi) is 4.53. The van der Waals surface area contributed by atoms with Crippen molar-refractivity contribution in [1.82, 2.24) is 14.8 Å². The summed E-state index contributed by atoms with van der Waals surface area (Å²) in [4.78, 5) is 0. The number of benzene rings is 1. The van der Waals surface area contributed by atoms with Crippen LogP contribution >= 0.6 is 11.6 Å². The molecule has 90 valence electrons. The summed E-state index contributed by atoms with van der Waals surface area (Å²) >= 11 is 5.72.